The number of benzene rings is 4. The molecule has 0 aliphatic heterocycles. The number of unbranched alkanes of at least 4 members (excludes halogenated alkanes) is 1. The maximum absolute atomic E-state index is 11.4. The Bertz CT molecular complexity index is 1520. The third-order valence-electron chi connectivity index (χ3n) is 10.4. The molecule has 0 aliphatic rings. The fourth-order valence-electron chi connectivity index (χ4n) is 7.59. The standard InChI is InChI=1S/C45H62O4Si2/c1-36(43(47)37(2)35-49-51(45(6,7)8,41-28-17-11-18-29-41)42-30-19-12-20-31-42)32-33-38(46)23-21-22-34-48-50(44(3,4)5,39-24-13-9-14-25-39)40-26-15-10-16-27-40/h9-20,24-33,36-38,43,46-47H,21-23,34-35H2,1-8H3/t36-,37+,38+,43+/m1/s1. The van der Waals surface area contributed by atoms with Crippen LogP contribution in [0.15, 0.2) is 133 Å². The largest absolute Gasteiger partial charge is 0.407 e. The highest BCUT2D eigenvalue weighted by Gasteiger charge is 2.51. The summed E-state index contributed by atoms with van der Waals surface area (Å²) in [7, 11) is -5.25. The first-order valence-electron chi connectivity index (χ1n) is 18.8. The molecular weight excluding hydrogens is 661 g/mol. The van der Waals surface area contributed by atoms with Gasteiger partial charge in [-0.25, -0.2) is 0 Å². The Balaban J connectivity index is 1.34. The lowest BCUT2D eigenvalue weighted by Crippen LogP contribution is -2.67. The van der Waals surface area contributed by atoms with Gasteiger partial charge in [-0.15, -0.1) is 0 Å². The Kier molecular flexibility index (Phi) is 14.4. The van der Waals surface area contributed by atoms with Gasteiger partial charge in [0.2, 0.25) is 0 Å². The second-order valence-electron chi connectivity index (χ2n) is 16.3. The van der Waals surface area contributed by atoms with Crippen LogP contribution < -0.4 is 20.7 Å². The minimum atomic E-state index is -2.69. The number of hydrogen-bond acceptors (Lipinski definition) is 4. The van der Waals surface area contributed by atoms with Gasteiger partial charge in [0.15, 0.2) is 0 Å². The molecule has 0 bridgehead atoms. The van der Waals surface area contributed by atoms with E-state index in [9.17, 15) is 10.2 Å². The fourth-order valence-corrected chi connectivity index (χ4v) is 16.9. The summed E-state index contributed by atoms with van der Waals surface area (Å²) in [4.78, 5) is 0. The van der Waals surface area contributed by atoms with Crippen LogP contribution in [0.1, 0.15) is 74.7 Å². The van der Waals surface area contributed by atoms with Crippen molar-refractivity contribution in [3.8, 4) is 0 Å². The third-order valence-corrected chi connectivity index (χ3v) is 20.4. The van der Waals surface area contributed by atoms with E-state index >= 15 is 0 Å². The molecule has 0 aliphatic carbocycles. The van der Waals surface area contributed by atoms with Crippen LogP contribution in [0.3, 0.4) is 0 Å². The quantitative estimate of drug-likeness (QED) is 0.0663. The summed E-state index contributed by atoms with van der Waals surface area (Å²) in [6.07, 6.45) is 5.01. The van der Waals surface area contributed by atoms with Crippen molar-refractivity contribution in [2.45, 2.75) is 96.9 Å². The Labute approximate surface area is 310 Å². The molecule has 6 heteroatoms. The van der Waals surface area contributed by atoms with Crippen molar-refractivity contribution in [3.05, 3.63) is 133 Å². The lowest BCUT2D eigenvalue weighted by Gasteiger charge is -2.44. The highest BCUT2D eigenvalue weighted by Crippen LogP contribution is 2.38. The lowest BCUT2D eigenvalue weighted by molar-refractivity contribution is 0.0545. The molecule has 2 N–H and O–H groups in total. The van der Waals surface area contributed by atoms with Crippen molar-refractivity contribution in [1.29, 1.82) is 0 Å². The van der Waals surface area contributed by atoms with Crippen LogP contribution in [-0.2, 0) is 8.85 Å². The fraction of sp³-hybridized carbons (Fsp3) is 0.422. The molecule has 274 valence electrons. The van der Waals surface area contributed by atoms with E-state index in [0.717, 1.165) is 12.8 Å². The Morgan fingerprint density at radius 1 is 0.549 bits per heavy atom. The summed E-state index contributed by atoms with van der Waals surface area (Å²) >= 11 is 0. The summed E-state index contributed by atoms with van der Waals surface area (Å²) in [5.74, 6) is -0.224. The number of rotatable bonds is 17. The van der Waals surface area contributed by atoms with E-state index in [1.807, 2.05) is 19.1 Å². The van der Waals surface area contributed by atoms with Crippen molar-refractivity contribution >= 4 is 37.4 Å². The zero-order valence-electron chi connectivity index (χ0n) is 32.3. The van der Waals surface area contributed by atoms with Gasteiger partial charge in [-0.3, -0.25) is 0 Å². The molecule has 51 heavy (non-hydrogen) atoms. The van der Waals surface area contributed by atoms with Gasteiger partial charge in [-0.05, 0) is 50.1 Å². The smallest absolute Gasteiger partial charge is 0.261 e. The van der Waals surface area contributed by atoms with Gasteiger partial charge in [-0.2, -0.15) is 0 Å². The van der Waals surface area contributed by atoms with Crippen molar-refractivity contribution < 1.29 is 19.1 Å². The van der Waals surface area contributed by atoms with E-state index in [4.69, 9.17) is 8.85 Å². The highest BCUT2D eigenvalue weighted by molar-refractivity contribution is 7.00. The maximum atomic E-state index is 11.4. The average molecular weight is 723 g/mol. The predicted octanol–water partition coefficient (Wildman–Crippen LogP) is 7.86. The minimum absolute atomic E-state index is 0.0589. The summed E-state index contributed by atoms with van der Waals surface area (Å²) in [5, 5.41) is 27.2. The van der Waals surface area contributed by atoms with E-state index in [2.05, 4.69) is 170 Å². The van der Waals surface area contributed by atoms with Crippen LogP contribution in [0.25, 0.3) is 0 Å². The molecule has 0 aromatic heterocycles. The molecule has 0 saturated heterocycles. The van der Waals surface area contributed by atoms with Crippen molar-refractivity contribution in [2.24, 2.45) is 11.8 Å². The molecule has 0 spiro atoms. The van der Waals surface area contributed by atoms with Crippen LogP contribution >= 0.6 is 0 Å². The molecule has 0 saturated carbocycles. The van der Waals surface area contributed by atoms with Crippen LogP contribution in [0.4, 0.5) is 0 Å². The zero-order valence-corrected chi connectivity index (χ0v) is 34.3. The summed E-state index contributed by atoms with van der Waals surface area (Å²) < 4.78 is 14.1. The predicted molar refractivity (Wildman–Crippen MR) is 220 cm³/mol. The second kappa shape index (κ2) is 18.1. The number of hydrogen-bond donors (Lipinski definition) is 2. The lowest BCUT2D eigenvalue weighted by atomic mass is 9.93. The first kappa shape index (κ1) is 40.7. The van der Waals surface area contributed by atoms with Crippen LogP contribution in [0, 0.1) is 11.8 Å². The van der Waals surface area contributed by atoms with E-state index in [-0.39, 0.29) is 21.9 Å². The van der Waals surface area contributed by atoms with Gasteiger partial charge in [0.05, 0.1) is 12.2 Å². The average Bonchev–Trinajstić information content (AvgIpc) is 3.12. The van der Waals surface area contributed by atoms with Gasteiger partial charge in [0.25, 0.3) is 16.6 Å². The third kappa shape index (κ3) is 9.66. The molecule has 0 unspecified atom stereocenters. The molecule has 4 aromatic carbocycles. The molecule has 4 nitrogen and oxygen atoms in total. The summed E-state index contributed by atoms with van der Waals surface area (Å²) in [6, 6.07) is 42.7. The molecule has 0 radical (unpaired) electrons. The maximum Gasteiger partial charge on any atom is 0.261 e. The van der Waals surface area contributed by atoms with E-state index in [0.29, 0.717) is 19.6 Å². The van der Waals surface area contributed by atoms with Crippen LogP contribution in [-0.4, -0.2) is 52.3 Å². The zero-order chi connectivity index (χ0) is 37.1. The minimum Gasteiger partial charge on any atom is -0.407 e. The number of aliphatic hydroxyl groups is 2. The molecule has 4 atom stereocenters. The van der Waals surface area contributed by atoms with Crippen molar-refractivity contribution in [1.82, 2.24) is 0 Å². The van der Waals surface area contributed by atoms with Gasteiger partial charge in [0.1, 0.15) is 0 Å². The van der Waals surface area contributed by atoms with E-state index in [1.54, 1.807) is 0 Å². The molecule has 4 rings (SSSR count). The summed E-state index contributed by atoms with van der Waals surface area (Å²) in [6.45, 7) is 18.9. The van der Waals surface area contributed by atoms with Gasteiger partial charge < -0.3 is 19.1 Å². The summed E-state index contributed by atoms with van der Waals surface area (Å²) in [5.41, 5.74) is 0. The normalized spacial score (nSPS) is 15.4. The monoisotopic (exact) mass is 722 g/mol. The molecular formula is C45H62O4Si2. The Morgan fingerprint density at radius 2 is 0.922 bits per heavy atom. The Hall–Kier alpha value is -3.11. The molecule has 0 amide bonds. The molecule has 0 fully saturated rings. The van der Waals surface area contributed by atoms with Crippen LogP contribution in [0.2, 0.25) is 10.1 Å². The topological polar surface area (TPSA) is 58.9 Å². The van der Waals surface area contributed by atoms with Crippen molar-refractivity contribution in [3.63, 3.8) is 0 Å². The van der Waals surface area contributed by atoms with Gasteiger partial charge in [0, 0.05) is 25.0 Å². The SMILES string of the molecule is C[C@H](C=C[C@@H](O)CCCCO[Si](c1ccccc1)(c1ccccc1)C(C)(C)C)[C@H](O)[C@@H](C)CO[Si](c1ccccc1)(c1ccccc1)C(C)(C)C. The van der Waals surface area contributed by atoms with Crippen molar-refractivity contribution in [2.75, 3.05) is 13.2 Å². The Morgan fingerprint density at radius 3 is 1.29 bits per heavy atom. The van der Waals surface area contributed by atoms with E-state index in [1.165, 1.54) is 20.7 Å². The van der Waals surface area contributed by atoms with E-state index < -0.39 is 28.8 Å². The first-order chi connectivity index (χ1) is 24.2. The van der Waals surface area contributed by atoms with Crippen LogP contribution in [0.5, 0.6) is 0 Å². The first-order valence-corrected chi connectivity index (χ1v) is 22.6. The highest BCUT2D eigenvalue weighted by atomic mass is 28.4. The molecule has 4 aromatic rings. The molecule has 0 heterocycles. The number of aliphatic hydroxyl groups excluding tert-OH is 2. The van der Waals surface area contributed by atoms with Gasteiger partial charge >= 0.3 is 0 Å². The second-order valence-corrected chi connectivity index (χ2v) is 24.9. The van der Waals surface area contributed by atoms with Gasteiger partial charge in [-0.1, -0.05) is 189 Å².